The predicted octanol–water partition coefficient (Wildman–Crippen LogP) is 2.34. The van der Waals surface area contributed by atoms with Crippen LogP contribution in [0.25, 0.3) is 0 Å². The minimum Gasteiger partial charge on any atom is -0.462 e. The van der Waals surface area contributed by atoms with Gasteiger partial charge in [-0.3, -0.25) is 4.79 Å². The van der Waals surface area contributed by atoms with E-state index < -0.39 is 0 Å². The Morgan fingerprint density at radius 2 is 2.10 bits per heavy atom. The molecule has 0 saturated heterocycles. The van der Waals surface area contributed by atoms with Crippen molar-refractivity contribution in [1.29, 1.82) is 0 Å². The minimum absolute atomic E-state index is 0.157. The molecule has 116 valence electrons. The van der Waals surface area contributed by atoms with Crippen LogP contribution in [0, 0.1) is 5.92 Å². The van der Waals surface area contributed by atoms with Gasteiger partial charge in [0.05, 0.1) is 18.1 Å². The van der Waals surface area contributed by atoms with Crippen molar-refractivity contribution in [1.82, 2.24) is 0 Å². The number of hydrogen-bond donors (Lipinski definition) is 2. The topological polar surface area (TPSA) is 81.4 Å². The van der Waals surface area contributed by atoms with Gasteiger partial charge in [-0.25, -0.2) is 4.79 Å². The fourth-order valence-corrected chi connectivity index (χ4v) is 3.66. The maximum Gasteiger partial charge on any atom is 0.341 e. The van der Waals surface area contributed by atoms with E-state index in [0.29, 0.717) is 17.2 Å². The lowest BCUT2D eigenvalue weighted by Crippen LogP contribution is -2.34. The van der Waals surface area contributed by atoms with Crippen LogP contribution in [-0.2, 0) is 22.4 Å². The molecule has 0 bridgehead atoms. The normalized spacial score (nSPS) is 16.2. The first kappa shape index (κ1) is 16.0. The molecular weight excluding hydrogens is 288 g/mol. The number of esters is 1. The number of ether oxygens (including phenoxy) is 1. The molecule has 6 heteroatoms. The van der Waals surface area contributed by atoms with Crippen molar-refractivity contribution >= 4 is 28.2 Å². The van der Waals surface area contributed by atoms with Crippen molar-refractivity contribution in [2.45, 2.75) is 46.1 Å². The Morgan fingerprint density at radius 3 is 2.71 bits per heavy atom. The molecule has 0 aliphatic heterocycles. The van der Waals surface area contributed by atoms with Gasteiger partial charge in [0.1, 0.15) is 5.00 Å². The van der Waals surface area contributed by atoms with Gasteiger partial charge in [-0.1, -0.05) is 6.92 Å². The standard InChI is InChI=1S/C15H22N2O3S/c1-4-20-15(19)12-10-6-5-7-11(10)21-14(12)17-13(18)8(2)9(3)16/h8-9H,4-7,16H2,1-3H3,(H,17,18). The van der Waals surface area contributed by atoms with Crippen molar-refractivity contribution in [3.05, 3.63) is 16.0 Å². The number of anilines is 1. The van der Waals surface area contributed by atoms with Gasteiger partial charge in [-0.2, -0.15) is 0 Å². The van der Waals surface area contributed by atoms with Crippen molar-refractivity contribution in [2.75, 3.05) is 11.9 Å². The SMILES string of the molecule is CCOC(=O)c1c(NC(=O)C(C)C(C)N)sc2c1CCC2. The first-order valence-corrected chi connectivity index (χ1v) is 8.15. The minimum atomic E-state index is -0.347. The summed E-state index contributed by atoms with van der Waals surface area (Å²) in [6.45, 7) is 5.68. The molecule has 0 aromatic carbocycles. The van der Waals surface area contributed by atoms with Crippen LogP contribution in [0.5, 0.6) is 0 Å². The summed E-state index contributed by atoms with van der Waals surface area (Å²) in [5.41, 5.74) is 7.34. The number of hydrogen-bond acceptors (Lipinski definition) is 5. The van der Waals surface area contributed by atoms with Gasteiger partial charge in [0.15, 0.2) is 0 Å². The Balaban J connectivity index is 2.27. The van der Waals surface area contributed by atoms with Gasteiger partial charge in [-0.15, -0.1) is 11.3 Å². The Hall–Kier alpha value is -1.40. The highest BCUT2D eigenvalue weighted by Crippen LogP contribution is 2.39. The van der Waals surface area contributed by atoms with Crippen LogP contribution in [0.15, 0.2) is 0 Å². The molecule has 2 atom stereocenters. The van der Waals surface area contributed by atoms with E-state index in [4.69, 9.17) is 10.5 Å². The number of thiophene rings is 1. The van der Waals surface area contributed by atoms with Crippen LogP contribution in [0.3, 0.4) is 0 Å². The summed E-state index contributed by atoms with van der Waals surface area (Å²) in [6, 6.07) is -0.233. The second kappa shape index (κ2) is 6.58. The van der Waals surface area contributed by atoms with E-state index in [2.05, 4.69) is 5.32 Å². The summed E-state index contributed by atoms with van der Waals surface area (Å²) in [4.78, 5) is 25.5. The average Bonchev–Trinajstić information content (AvgIpc) is 2.97. The number of carbonyl (C=O) groups excluding carboxylic acids is 2. The molecule has 2 rings (SSSR count). The summed E-state index contributed by atoms with van der Waals surface area (Å²) < 4.78 is 5.13. The molecule has 3 N–H and O–H groups in total. The molecule has 1 aromatic heterocycles. The summed E-state index contributed by atoms with van der Waals surface area (Å²) >= 11 is 1.49. The lowest BCUT2D eigenvalue weighted by Gasteiger charge is -2.15. The molecule has 0 saturated carbocycles. The fourth-order valence-electron chi connectivity index (χ4n) is 2.38. The Bertz CT molecular complexity index is 551. The lowest BCUT2D eigenvalue weighted by atomic mass is 10.0. The fraction of sp³-hybridized carbons (Fsp3) is 0.600. The zero-order chi connectivity index (χ0) is 15.6. The van der Waals surface area contributed by atoms with Crippen molar-refractivity contribution in [3.63, 3.8) is 0 Å². The van der Waals surface area contributed by atoms with Crippen molar-refractivity contribution < 1.29 is 14.3 Å². The lowest BCUT2D eigenvalue weighted by molar-refractivity contribution is -0.119. The van der Waals surface area contributed by atoms with E-state index in [1.54, 1.807) is 20.8 Å². The van der Waals surface area contributed by atoms with Crippen LogP contribution in [0.1, 0.15) is 48.0 Å². The molecule has 0 radical (unpaired) electrons. The van der Waals surface area contributed by atoms with E-state index >= 15 is 0 Å². The number of nitrogens with two attached hydrogens (primary N) is 1. The highest BCUT2D eigenvalue weighted by atomic mass is 32.1. The van der Waals surface area contributed by atoms with E-state index in [-0.39, 0.29) is 23.8 Å². The van der Waals surface area contributed by atoms with Crippen LogP contribution in [0.2, 0.25) is 0 Å². The number of fused-ring (bicyclic) bond motifs is 1. The highest BCUT2D eigenvalue weighted by molar-refractivity contribution is 7.17. The number of amides is 1. The van der Waals surface area contributed by atoms with Crippen molar-refractivity contribution in [3.8, 4) is 0 Å². The van der Waals surface area contributed by atoms with Crippen LogP contribution in [0.4, 0.5) is 5.00 Å². The quantitative estimate of drug-likeness (QED) is 0.818. The van der Waals surface area contributed by atoms with E-state index in [9.17, 15) is 9.59 Å². The largest absolute Gasteiger partial charge is 0.462 e. The Kier molecular flexibility index (Phi) is 5.00. The highest BCUT2D eigenvalue weighted by Gasteiger charge is 2.29. The van der Waals surface area contributed by atoms with E-state index in [1.165, 1.54) is 16.2 Å². The molecule has 1 amide bonds. The monoisotopic (exact) mass is 310 g/mol. The third-order valence-electron chi connectivity index (χ3n) is 3.84. The maximum atomic E-state index is 12.2. The van der Waals surface area contributed by atoms with Gasteiger partial charge >= 0.3 is 5.97 Å². The summed E-state index contributed by atoms with van der Waals surface area (Å²) in [6.07, 6.45) is 2.89. The summed E-state index contributed by atoms with van der Waals surface area (Å²) in [7, 11) is 0. The number of carbonyl (C=O) groups is 2. The first-order valence-electron chi connectivity index (χ1n) is 7.33. The number of aryl methyl sites for hydroxylation is 1. The smallest absolute Gasteiger partial charge is 0.341 e. The zero-order valence-electron chi connectivity index (χ0n) is 12.7. The number of rotatable bonds is 5. The van der Waals surface area contributed by atoms with Crippen LogP contribution in [-0.4, -0.2) is 24.5 Å². The molecule has 0 fully saturated rings. The molecule has 1 aliphatic carbocycles. The van der Waals surface area contributed by atoms with E-state index in [1.807, 2.05) is 0 Å². The van der Waals surface area contributed by atoms with Crippen LogP contribution < -0.4 is 11.1 Å². The second-order valence-electron chi connectivity index (χ2n) is 5.42. The molecule has 2 unspecified atom stereocenters. The zero-order valence-corrected chi connectivity index (χ0v) is 13.5. The van der Waals surface area contributed by atoms with Gasteiger partial charge in [0, 0.05) is 10.9 Å². The van der Waals surface area contributed by atoms with Crippen LogP contribution >= 0.6 is 11.3 Å². The number of nitrogens with one attached hydrogen (secondary N) is 1. The van der Waals surface area contributed by atoms with Gasteiger partial charge in [0.2, 0.25) is 5.91 Å². The molecule has 1 aliphatic rings. The van der Waals surface area contributed by atoms with Crippen molar-refractivity contribution in [2.24, 2.45) is 11.7 Å². The molecule has 1 heterocycles. The molecule has 0 spiro atoms. The van der Waals surface area contributed by atoms with Gasteiger partial charge in [-0.05, 0) is 38.7 Å². The summed E-state index contributed by atoms with van der Waals surface area (Å²) in [5.74, 6) is -0.812. The molecule has 5 nitrogen and oxygen atoms in total. The molecular formula is C15H22N2O3S. The average molecular weight is 310 g/mol. The predicted molar refractivity (Wildman–Crippen MR) is 83.7 cm³/mol. The molecule has 21 heavy (non-hydrogen) atoms. The summed E-state index contributed by atoms with van der Waals surface area (Å²) in [5, 5.41) is 3.47. The Morgan fingerprint density at radius 1 is 1.38 bits per heavy atom. The van der Waals surface area contributed by atoms with E-state index in [0.717, 1.165) is 24.8 Å². The van der Waals surface area contributed by atoms with Gasteiger partial charge < -0.3 is 15.8 Å². The Labute approximate surface area is 128 Å². The second-order valence-corrected chi connectivity index (χ2v) is 6.52. The first-order chi connectivity index (χ1) is 9.95. The maximum absolute atomic E-state index is 12.2. The molecule has 1 aromatic rings. The van der Waals surface area contributed by atoms with Gasteiger partial charge in [0.25, 0.3) is 0 Å². The third kappa shape index (κ3) is 3.27. The third-order valence-corrected chi connectivity index (χ3v) is 5.05.